The quantitative estimate of drug-likeness (QED) is 0.261. The van der Waals surface area contributed by atoms with Crippen molar-refractivity contribution in [2.45, 2.75) is 33.0 Å². The first kappa shape index (κ1) is 38.7. The monoisotopic (exact) mass is 795 g/mol. The highest BCUT2D eigenvalue weighted by Gasteiger charge is 2.33. The SMILES string of the molecule is CCc1c(N2CCN(C(=O)c3ncnc(C)c3OC)CC2)c(=O)n2nc(N3CCN(S(C)(=O)=O)CC3)nc2n1CC(=O)Nc1ccc(C(F)(F)F)cc1Cl. The van der Waals surface area contributed by atoms with E-state index in [1.165, 1.54) is 22.3 Å². The zero-order valence-electron chi connectivity index (χ0n) is 29.7. The predicted octanol–water partition coefficient (Wildman–Crippen LogP) is 1.92. The van der Waals surface area contributed by atoms with Crippen molar-refractivity contribution in [3.05, 3.63) is 62.5 Å². The Hall–Kier alpha value is -5.02. The van der Waals surface area contributed by atoms with Gasteiger partial charge in [-0.05, 0) is 31.5 Å². The van der Waals surface area contributed by atoms with Gasteiger partial charge >= 0.3 is 6.18 Å². The van der Waals surface area contributed by atoms with E-state index in [9.17, 15) is 36.0 Å². The van der Waals surface area contributed by atoms with Gasteiger partial charge in [-0.15, -0.1) is 5.10 Å². The van der Waals surface area contributed by atoms with Gasteiger partial charge in [0, 0.05) is 52.4 Å². The van der Waals surface area contributed by atoms with Crippen LogP contribution in [0.25, 0.3) is 5.78 Å². The lowest BCUT2D eigenvalue weighted by atomic mass is 10.2. The van der Waals surface area contributed by atoms with Gasteiger partial charge in [-0.2, -0.15) is 27.0 Å². The fourth-order valence-corrected chi connectivity index (χ4v) is 7.59. The molecule has 0 spiro atoms. The molecule has 0 unspecified atom stereocenters. The molecule has 1 N–H and O–H groups in total. The van der Waals surface area contributed by atoms with E-state index in [2.05, 4.69) is 25.4 Å². The second-order valence-corrected chi connectivity index (χ2v) is 15.1. The molecule has 0 atom stereocenters. The topological polar surface area (TPSA) is 180 Å². The Morgan fingerprint density at radius 2 is 1.69 bits per heavy atom. The highest BCUT2D eigenvalue weighted by Crippen LogP contribution is 2.34. The van der Waals surface area contributed by atoms with E-state index in [1.807, 2.05) is 0 Å². The molecule has 4 aromatic rings. The van der Waals surface area contributed by atoms with Gasteiger partial charge in [-0.1, -0.05) is 18.5 Å². The molecule has 2 aliphatic rings. The molecule has 2 aliphatic heterocycles. The van der Waals surface area contributed by atoms with Gasteiger partial charge in [0.1, 0.15) is 18.6 Å². The Labute approximate surface area is 312 Å². The van der Waals surface area contributed by atoms with E-state index in [0.717, 1.165) is 22.9 Å². The molecule has 0 aliphatic carbocycles. The van der Waals surface area contributed by atoms with Crippen molar-refractivity contribution in [2.75, 3.05) is 80.8 Å². The van der Waals surface area contributed by atoms with Crippen LogP contribution in [0, 0.1) is 6.92 Å². The summed E-state index contributed by atoms with van der Waals surface area (Å²) in [5, 5.41) is 6.75. The molecule has 6 rings (SSSR count). The Kier molecular flexibility index (Phi) is 10.8. The van der Waals surface area contributed by atoms with E-state index in [-0.39, 0.29) is 104 Å². The van der Waals surface area contributed by atoms with E-state index in [0.29, 0.717) is 17.5 Å². The third kappa shape index (κ3) is 7.65. The third-order valence-electron chi connectivity index (χ3n) is 9.28. The van der Waals surface area contributed by atoms with Gasteiger partial charge in [0.05, 0.1) is 41.0 Å². The molecule has 5 heterocycles. The number of fused-ring (bicyclic) bond motifs is 1. The summed E-state index contributed by atoms with van der Waals surface area (Å²) in [6.07, 6.45) is -1.98. The average molecular weight is 796 g/mol. The number of carbonyl (C=O) groups is 2. The third-order valence-corrected chi connectivity index (χ3v) is 10.9. The summed E-state index contributed by atoms with van der Waals surface area (Å²) in [6, 6.07) is 2.57. The Balaban J connectivity index is 1.34. The molecule has 3 aromatic heterocycles. The maximum absolute atomic E-state index is 14.3. The predicted molar refractivity (Wildman–Crippen MR) is 192 cm³/mol. The minimum absolute atomic E-state index is 0.0230. The maximum atomic E-state index is 14.3. The fraction of sp³-hybridized carbons (Fsp3) is 0.469. The van der Waals surface area contributed by atoms with Gasteiger partial charge in [0.2, 0.25) is 27.7 Å². The highest BCUT2D eigenvalue weighted by molar-refractivity contribution is 7.88. The van der Waals surface area contributed by atoms with Crippen molar-refractivity contribution in [3.8, 4) is 5.75 Å². The van der Waals surface area contributed by atoms with E-state index in [1.54, 1.807) is 28.5 Å². The van der Waals surface area contributed by atoms with Crippen LogP contribution in [0.5, 0.6) is 5.75 Å². The number of hydrogen-bond acceptors (Lipinski definition) is 12. The number of nitrogens with zero attached hydrogens (tertiary/aromatic N) is 10. The normalized spacial score (nSPS) is 15.9. The summed E-state index contributed by atoms with van der Waals surface area (Å²) < 4.78 is 73.2. The Bertz CT molecular complexity index is 2270. The number of alkyl halides is 3. The standard InChI is InChI=1S/C32H37ClF3N11O6S/c1-5-23-26(42-8-10-43(11-9-42)28(49)25-27(53-3)19(2)37-18-38-25)29(50)47-31(40-30(41-47)44-12-14-45(15-13-44)54(4,51)52)46(23)17-24(48)39-22-7-6-20(16-21(22)33)32(34,35)36/h6-7,16,18H,5,8-15,17H2,1-4H3,(H,39,48). The lowest BCUT2D eigenvalue weighted by Gasteiger charge is -2.36. The molecule has 54 heavy (non-hydrogen) atoms. The number of amides is 2. The molecule has 22 heteroatoms. The largest absolute Gasteiger partial charge is 0.492 e. The number of aromatic nitrogens is 6. The van der Waals surface area contributed by atoms with Crippen molar-refractivity contribution >= 4 is 56.5 Å². The van der Waals surface area contributed by atoms with Crippen LogP contribution in [0.1, 0.15) is 34.4 Å². The molecular weight excluding hydrogens is 759 g/mol. The molecule has 0 saturated carbocycles. The van der Waals surface area contributed by atoms with Crippen molar-refractivity contribution in [3.63, 3.8) is 0 Å². The van der Waals surface area contributed by atoms with E-state index >= 15 is 0 Å². The number of anilines is 3. The summed E-state index contributed by atoms with van der Waals surface area (Å²) in [5.41, 5.74) is -0.279. The molecule has 0 radical (unpaired) electrons. The smallest absolute Gasteiger partial charge is 0.416 e. The number of rotatable bonds is 9. The molecular formula is C32H37ClF3N11O6S. The minimum atomic E-state index is -4.64. The summed E-state index contributed by atoms with van der Waals surface area (Å²) >= 11 is 6.12. The Morgan fingerprint density at radius 1 is 1.02 bits per heavy atom. The molecule has 2 fully saturated rings. The summed E-state index contributed by atoms with van der Waals surface area (Å²) in [4.78, 5) is 59.4. The number of methoxy groups -OCH3 is 1. The lowest BCUT2D eigenvalue weighted by molar-refractivity contribution is -0.137. The first-order chi connectivity index (χ1) is 25.5. The number of sulfonamides is 1. The van der Waals surface area contributed by atoms with Gasteiger partial charge in [-0.25, -0.2) is 18.4 Å². The van der Waals surface area contributed by atoms with Gasteiger partial charge < -0.3 is 29.3 Å². The first-order valence-corrected chi connectivity index (χ1v) is 19.0. The second-order valence-electron chi connectivity index (χ2n) is 12.7. The van der Waals surface area contributed by atoms with Crippen LogP contribution in [0.15, 0.2) is 29.3 Å². The number of carbonyl (C=O) groups excluding carboxylic acids is 2. The molecule has 0 bridgehead atoms. The van der Waals surface area contributed by atoms with Crippen LogP contribution in [0.2, 0.25) is 5.02 Å². The number of benzene rings is 1. The van der Waals surface area contributed by atoms with Crippen LogP contribution in [-0.2, 0) is 34.0 Å². The summed E-state index contributed by atoms with van der Waals surface area (Å²) in [5.74, 6) is -0.601. The maximum Gasteiger partial charge on any atom is 0.416 e. The number of nitrogens with one attached hydrogen (secondary N) is 1. The molecule has 290 valence electrons. The second kappa shape index (κ2) is 15.0. The summed E-state index contributed by atoms with van der Waals surface area (Å²) in [7, 11) is -2.00. The summed E-state index contributed by atoms with van der Waals surface area (Å²) in [6.45, 7) is 4.78. The van der Waals surface area contributed by atoms with Crippen molar-refractivity contribution in [2.24, 2.45) is 0 Å². The van der Waals surface area contributed by atoms with Crippen molar-refractivity contribution in [1.29, 1.82) is 0 Å². The molecule has 17 nitrogen and oxygen atoms in total. The number of ether oxygens (including phenoxy) is 1. The van der Waals surface area contributed by atoms with Crippen LogP contribution in [0.4, 0.5) is 30.5 Å². The zero-order valence-corrected chi connectivity index (χ0v) is 31.3. The van der Waals surface area contributed by atoms with Crippen LogP contribution in [-0.4, -0.2) is 124 Å². The number of halogens is 4. The van der Waals surface area contributed by atoms with Crippen molar-refractivity contribution < 1.29 is 35.9 Å². The Morgan fingerprint density at radius 3 is 2.28 bits per heavy atom. The van der Waals surface area contributed by atoms with E-state index in [4.69, 9.17) is 16.3 Å². The number of hydrogen-bond donors (Lipinski definition) is 1. The highest BCUT2D eigenvalue weighted by atomic mass is 35.5. The molecule has 2 amide bonds. The minimum Gasteiger partial charge on any atom is -0.492 e. The van der Waals surface area contributed by atoms with Gasteiger partial charge in [0.25, 0.3) is 11.5 Å². The molecule has 2 saturated heterocycles. The fourth-order valence-electron chi connectivity index (χ4n) is 6.54. The average Bonchev–Trinajstić information content (AvgIpc) is 3.59. The lowest BCUT2D eigenvalue weighted by Crippen LogP contribution is -2.51. The van der Waals surface area contributed by atoms with Crippen LogP contribution < -0.4 is 25.4 Å². The van der Waals surface area contributed by atoms with E-state index < -0.39 is 39.8 Å². The zero-order chi connectivity index (χ0) is 39.1. The number of piperazine rings is 2. The first-order valence-electron chi connectivity index (χ1n) is 16.8. The van der Waals surface area contributed by atoms with Crippen LogP contribution in [0.3, 0.4) is 0 Å². The van der Waals surface area contributed by atoms with Crippen molar-refractivity contribution in [1.82, 2.24) is 38.3 Å². The van der Waals surface area contributed by atoms with Gasteiger partial charge in [0.15, 0.2) is 11.4 Å². The van der Waals surface area contributed by atoms with Crippen LogP contribution >= 0.6 is 11.6 Å². The molecule has 1 aromatic carbocycles. The van der Waals surface area contributed by atoms with Gasteiger partial charge in [-0.3, -0.25) is 14.4 Å². The number of aryl methyl sites for hydroxylation is 1.